The summed E-state index contributed by atoms with van der Waals surface area (Å²) in [5.41, 5.74) is 0.105. The van der Waals surface area contributed by atoms with Gasteiger partial charge in [0.2, 0.25) is 5.82 Å². The van der Waals surface area contributed by atoms with E-state index in [1.807, 2.05) is 0 Å². The zero-order chi connectivity index (χ0) is 16.9. The summed E-state index contributed by atoms with van der Waals surface area (Å²) in [6.45, 7) is 2.66. The Morgan fingerprint density at radius 1 is 1.30 bits per heavy atom. The van der Waals surface area contributed by atoms with Crippen LogP contribution in [0.4, 0.5) is 13.6 Å². The van der Waals surface area contributed by atoms with Gasteiger partial charge in [-0.1, -0.05) is 0 Å². The Balaban J connectivity index is 1.88. The van der Waals surface area contributed by atoms with Gasteiger partial charge < -0.3 is 4.74 Å². The highest BCUT2D eigenvalue weighted by atomic mass is 19.3. The summed E-state index contributed by atoms with van der Waals surface area (Å²) < 4.78 is 34.5. The SMILES string of the molecule is Cn1[nH]nc1-c1nc2c(n1C(F)F)CN(C(=O)OC(C)(C)C)C2. The summed E-state index contributed by atoms with van der Waals surface area (Å²) in [5, 5.41) is 6.43. The Bertz CT molecular complexity index is 739. The van der Waals surface area contributed by atoms with Crippen molar-refractivity contribution >= 4 is 6.09 Å². The number of aromatic amines is 1. The molecule has 1 amide bonds. The highest BCUT2D eigenvalue weighted by molar-refractivity contribution is 5.69. The fourth-order valence-electron chi connectivity index (χ4n) is 2.45. The number of nitrogens with one attached hydrogen (secondary N) is 1. The summed E-state index contributed by atoms with van der Waals surface area (Å²) in [7, 11) is 1.66. The number of fused-ring (bicyclic) bond motifs is 1. The molecule has 0 atom stereocenters. The van der Waals surface area contributed by atoms with Crippen molar-refractivity contribution < 1.29 is 18.3 Å². The lowest BCUT2D eigenvalue weighted by Gasteiger charge is -2.24. The fourth-order valence-corrected chi connectivity index (χ4v) is 2.45. The summed E-state index contributed by atoms with van der Waals surface area (Å²) >= 11 is 0. The molecule has 0 aliphatic carbocycles. The minimum Gasteiger partial charge on any atom is -0.444 e. The van der Waals surface area contributed by atoms with Crippen molar-refractivity contribution in [3.05, 3.63) is 11.4 Å². The molecule has 1 aliphatic heterocycles. The quantitative estimate of drug-likeness (QED) is 0.917. The third-order valence-corrected chi connectivity index (χ3v) is 3.44. The molecule has 0 saturated heterocycles. The summed E-state index contributed by atoms with van der Waals surface area (Å²) in [4.78, 5) is 17.7. The summed E-state index contributed by atoms with van der Waals surface area (Å²) in [6.07, 6.45) is -0.544. The first-order chi connectivity index (χ1) is 10.7. The number of rotatable bonds is 2. The van der Waals surface area contributed by atoms with Crippen molar-refractivity contribution in [2.45, 2.75) is 46.0 Å². The fraction of sp³-hybridized carbons (Fsp3) is 0.615. The number of aryl methyl sites for hydroxylation is 1. The second-order valence-electron chi connectivity index (χ2n) is 6.41. The van der Waals surface area contributed by atoms with Crippen molar-refractivity contribution in [2.75, 3.05) is 0 Å². The van der Waals surface area contributed by atoms with Crippen LogP contribution in [0.15, 0.2) is 0 Å². The number of hydrogen-bond donors (Lipinski definition) is 1. The minimum absolute atomic E-state index is 0.0337. The van der Waals surface area contributed by atoms with E-state index in [2.05, 4.69) is 15.3 Å². The van der Waals surface area contributed by atoms with E-state index >= 15 is 0 Å². The highest BCUT2D eigenvalue weighted by Crippen LogP contribution is 2.32. The minimum atomic E-state index is -2.77. The van der Waals surface area contributed by atoms with Crippen LogP contribution in [0.3, 0.4) is 0 Å². The number of alkyl halides is 2. The van der Waals surface area contributed by atoms with E-state index in [1.165, 1.54) is 9.58 Å². The van der Waals surface area contributed by atoms with E-state index in [1.54, 1.807) is 27.8 Å². The second kappa shape index (κ2) is 5.07. The zero-order valence-corrected chi connectivity index (χ0v) is 13.3. The van der Waals surface area contributed by atoms with Gasteiger partial charge in [0.05, 0.1) is 24.5 Å². The van der Waals surface area contributed by atoms with Crippen LogP contribution in [-0.4, -0.2) is 41.1 Å². The molecule has 0 aromatic carbocycles. The van der Waals surface area contributed by atoms with Gasteiger partial charge in [-0.25, -0.2) is 15.0 Å². The molecule has 1 N–H and O–H groups in total. The van der Waals surface area contributed by atoms with E-state index < -0.39 is 18.2 Å². The first-order valence-corrected chi connectivity index (χ1v) is 7.11. The zero-order valence-electron chi connectivity index (χ0n) is 13.3. The van der Waals surface area contributed by atoms with Crippen molar-refractivity contribution in [1.29, 1.82) is 0 Å². The van der Waals surface area contributed by atoms with E-state index in [9.17, 15) is 13.6 Å². The van der Waals surface area contributed by atoms with Crippen LogP contribution < -0.4 is 0 Å². The standard InChI is InChI=1S/C13H18F2N6O2/c1-13(2,3)23-12(22)20-5-7-8(6-20)21(11(14)15)9(16-7)10-17-18-19(10)4/h11,18H,5-6H2,1-4H3. The lowest BCUT2D eigenvalue weighted by Crippen LogP contribution is -2.34. The van der Waals surface area contributed by atoms with E-state index in [0.29, 0.717) is 17.2 Å². The van der Waals surface area contributed by atoms with E-state index in [-0.39, 0.29) is 18.9 Å². The van der Waals surface area contributed by atoms with Gasteiger partial charge in [-0.2, -0.15) is 8.78 Å². The number of carbonyl (C=O) groups excluding carboxylic acids is 1. The molecular weight excluding hydrogens is 310 g/mol. The van der Waals surface area contributed by atoms with E-state index in [4.69, 9.17) is 4.74 Å². The third-order valence-electron chi connectivity index (χ3n) is 3.44. The Kier molecular flexibility index (Phi) is 3.42. The molecule has 0 radical (unpaired) electrons. The second-order valence-corrected chi connectivity index (χ2v) is 6.41. The van der Waals surface area contributed by atoms with Crippen molar-refractivity contribution in [3.8, 4) is 11.6 Å². The first-order valence-electron chi connectivity index (χ1n) is 7.11. The molecule has 3 rings (SSSR count). The van der Waals surface area contributed by atoms with Gasteiger partial charge in [-0.05, 0) is 20.8 Å². The molecule has 0 unspecified atom stereocenters. The molecule has 0 fully saturated rings. The maximum absolute atomic E-state index is 13.5. The number of halogens is 2. The lowest BCUT2D eigenvalue weighted by atomic mass is 10.2. The molecule has 0 spiro atoms. The number of H-pyrrole nitrogens is 1. The maximum atomic E-state index is 13.5. The normalized spacial score (nSPS) is 14.7. The predicted molar refractivity (Wildman–Crippen MR) is 75.5 cm³/mol. The molecular formula is C13H18F2N6O2. The van der Waals surface area contributed by atoms with Gasteiger partial charge in [0.25, 0.3) is 0 Å². The number of amides is 1. The topological polar surface area (TPSA) is 81.0 Å². The molecule has 2 aromatic rings. The van der Waals surface area contributed by atoms with Crippen LogP contribution in [0.25, 0.3) is 11.6 Å². The molecule has 10 heteroatoms. The molecule has 8 nitrogen and oxygen atoms in total. The highest BCUT2D eigenvalue weighted by Gasteiger charge is 2.35. The van der Waals surface area contributed by atoms with E-state index in [0.717, 1.165) is 4.57 Å². The lowest BCUT2D eigenvalue weighted by molar-refractivity contribution is 0.0223. The van der Waals surface area contributed by atoms with Gasteiger partial charge in [-0.15, -0.1) is 5.10 Å². The number of nitrogens with zero attached hydrogens (tertiary/aromatic N) is 5. The number of imidazole rings is 1. The molecule has 0 bridgehead atoms. The van der Waals surface area contributed by atoms with Crippen LogP contribution >= 0.6 is 0 Å². The molecule has 0 saturated carbocycles. The van der Waals surface area contributed by atoms with Crippen LogP contribution in [-0.2, 0) is 24.9 Å². The van der Waals surface area contributed by atoms with Crippen molar-refractivity contribution in [3.63, 3.8) is 0 Å². The monoisotopic (exact) mass is 328 g/mol. The maximum Gasteiger partial charge on any atom is 0.410 e. The Morgan fingerprint density at radius 3 is 2.48 bits per heavy atom. The summed E-state index contributed by atoms with van der Waals surface area (Å²) in [6, 6.07) is 0. The van der Waals surface area contributed by atoms with Crippen LogP contribution in [0.2, 0.25) is 0 Å². The first kappa shape index (κ1) is 15.5. The Morgan fingerprint density at radius 2 is 2.00 bits per heavy atom. The van der Waals surface area contributed by atoms with Gasteiger partial charge >= 0.3 is 12.6 Å². The van der Waals surface area contributed by atoms with Gasteiger partial charge in [0.15, 0.2) is 5.82 Å². The van der Waals surface area contributed by atoms with Gasteiger partial charge in [0, 0.05) is 7.05 Å². The van der Waals surface area contributed by atoms with Gasteiger partial charge in [0.1, 0.15) is 5.60 Å². The Hall–Kier alpha value is -2.39. The molecule has 126 valence electrons. The summed E-state index contributed by atoms with van der Waals surface area (Å²) in [5.74, 6) is 0.429. The molecule has 2 aromatic heterocycles. The van der Waals surface area contributed by atoms with Crippen LogP contribution in [0, 0.1) is 0 Å². The number of hydrogen-bond acceptors (Lipinski definition) is 4. The third kappa shape index (κ3) is 2.68. The number of ether oxygens (including phenoxy) is 1. The molecule has 1 aliphatic rings. The smallest absolute Gasteiger partial charge is 0.410 e. The molecule has 23 heavy (non-hydrogen) atoms. The number of aromatic nitrogens is 5. The van der Waals surface area contributed by atoms with Crippen LogP contribution in [0.5, 0.6) is 0 Å². The average Bonchev–Trinajstić information content (AvgIpc) is 2.91. The van der Waals surface area contributed by atoms with Crippen molar-refractivity contribution in [2.24, 2.45) is 7.05 Å². The number of carbonyl (C=O) groups is 1. The van der Waals surface area contributed by atoms with Crippen molar-refractivity contribution in [1.82, 2.24) is 29.4 Å². The van der Waals surface area contributed by atoms with Gasteiger partial charge in [-0.3, -0.25) is 14.1 Å². The largest absolute Gasteiger partial charge is 0.444 e. The Labute approximate surface area is 131 Å². The average molecular weight is 328 g/mol. The molecule has 3 heterocycles. The predicted octanol–water partition coefficient (Wildman–Crippen LogP) is 2.26. The van der Waals surface area contributed by atoms with Crippen LogP contribution in [0.1, 0.15) is 38.7 Å².